The number of nitrogens with one attached hydrogen (secondary N) is 1. The molecule has 1 aliphatic rings. The van der Waals surface area contributed by atoms with Crippen LogP contribution in [0.15, 0.2) is 72.8 Å². The Hall–Kier alpha value is -3.42. The lowest BCUT2D eigenvalue weighted by Gasteiger charge is -2.35. The number of methoxy groups -OCH3 is 1. The number of rotatable bonds is 9. The smallest absolute Gasteiger partial charge is 0.255 e. The minimum atomic E-state index is -0.296. The Labute approximate surface area is 199 Å². The first-order chi connectivity index (χ1) is 16.6. The molecule has 1 heterocycles. The molecule has 1 saturated heterocycles. The van der Waals surface area contributed by atoms with Gasteiger partial charge in [-0.2, -0.15) is 0 Å². The fraction of sp³-hybridized carbons (Fsp3) is 0.296. The molecule has 6 nitrogen and oxygen atoms in total. The number of para-hydroxylation sites is 1. The first-order valence-corrected chi connectivity index (χ1v) is 11.3. The second-order valence-corrected chi connectivity index (χ2v) is 8.06. The third-order valence-electron chi connectivity index (χ3n) is 5.88. The molecule has 0 aromatic heterocycles. The van der Waals surface area contributed by atoms with Crippen LogP contribution in [0.4, 0.5) is 4.39 Å². The Morgan fingerprint density at radius 1 is 1.03 bits per heavy atom. The molecule has 0 radical (unpaired) electrons. The van der Waals surface area contributed by atoms with Gasteiger partial charge < -0.3 is 19.5 Å². The van der Waals surface area contributed by atoms with Crippen LogP contribution in [0.2, 0.25) is 0 Å². The fourth-order valence-corrected chi connectivity index (χ4v) is 3.98. The van der Waals surface area contributed by atoms with Crippen molar-refractivity contribution < 1.29 is 23.4 Å². The molecule has 1 atom stereocenters. The van der Waals surface area contributed by atoms with Crippen molar-refractivity contribution in [2.45, 2.75) is 12.6 Å². The number of halogens is 1. The van der Waals surface area contributed by atoms with E-state index in [1.165, 1.54) is 12.1 Å². The number of carbonyl (C=O) groups excluding carboxylic acids is 1. The van der Waals surface area contributed by atoms with Gasteiger partial charge in [-0.25, -0.2) is 4.39 Å². The molecule has 1 amide bonds. The Bertz CT molecular complexity index is 1070. The van der Waals surface area contributed by atoms with Gasteiger partial charge in [0.2, 0.25) is 0 Å². The highest BCUT2D eigenvalue weighted by Crippen LogP contribution is 2.25. The monoisotopic (exact) mass is 464 g/mol. The van der Waals surface area contributed by atoms with Crippen LogP contribution in [0.1, 0.15) is 27.5 Å². The van der Waals surface area contributed by atoms with Crippen molar-refractivity contribution in [1.82, 2.24) is 10.2 Å². The molecular formula is C27H29FN2O4. The zero-order chi connectivity index (χ0) is 23.8. The van der Waals surface area contributed by atoms with Gasteiger partial charge in [0.05, 0.1) is 31.9 Å². The molecule has 0 aliphatic carbocycles. The minimum Gasteiger partial charge on any atom is -0.497 e. The zero-order valence-corrected chi connectivity index (χ0v) is 19.2. The van der Waals surface area contributed by atoms with Crippen LogP contribution in [0, 0.1) is 5.82 Å². The van der Waals surface area contributed by atoms with Crippen LogP contribution in [-0.4, -0.2) is 50.8 Å². The van der Waals surface area contributed by atoms with E-state index < -0.39 is 0 Å². The predicted molar refractivity (Wildman–Crippen MR) is 128 cm³/mol. The van der Waals surface area contributed by atoms with Crippen molar-refractivity contribution in [3.63, 3.8) is 0 Å². The second-order valence-electron chi connectivity index (χ2n) is 8.06. The molecule has 0 bridgehead atoms. The molecule has 34 heavy (non-hydrogen) atoms. The molecule has 4 rings (SSSR count). The van der Waals surface area contributed by atoms with E-state index >= 15 is 0 Å². The summed E-state index contributed by atoms with van der Waals surface area (Å²) < 4.78 is 29.9. The Morgan fingerprint density at radius 3 is 2.44 bits per heavy atom. The molecule has 3 aromatic carbocycles. The highest BCUT2D eigenvalue weighted by Gasteiger charge is 2.24. The van der Waals surface area contributed by atoms with E-state index in [1.54, 1.807) is 31.4 Å². The number of carbonyl (C=O) groups is 1. The molecule has 1 N–H and O–H groups in total. The third-order valence-corrected chi connectivity index (χ3v) is 5.88. The topological polar surface area (TPSA) is 60.0 Å². The van der Waals surface area contributed by atoms with Gasteiger partial charge in [0, 0.05) is 19.6 Å². The van der Waals surface area contributed by atoms with Gasteiger partial charge in [-0.3, -0.25) is 9.69 Å². The van der Waals surface area contributed by atoms with Crippen molar-refractivity contribution >= 4 is 5.91 Å². The molecule has 0 saturated carbocycles. The number of hydrogen-bond acceptors (Lipinski definition) is 5. The molecule has 7 heteroatoms. The van der Waals surface area contributed by atoms with Gasteiger partial charge in [0.1, 0.15) is 23.9 Å². The summed E-state index contributed by atoms with van der Waals surface area (Å²) in [5, 5.41) is 3.09. The summed E-state index contributed by atoms with van der Waals surface area (Å²) in [7, 11) is 1.64. The lowest BCUT2D eigenvalue weighted by atomic mass is 10.0. The summed E-state index contributed by atoms with van der Waals surface area (Å²) in [5.41, 5.74) is 2.38. The lowest BCUT2D eigenvalue weighted by Crippen LogP contribution is -2.43. The van der Waals surface area contributed by atoms with Gasteiger partial charge >= 0.3 is 0 Å². The summed E-state index contributed by atoms with van der Waals surface area (Å²) in [6.45, 7) is 3.61. The first-order valence-electron chi connectivity index (χ1n) is 11.3. The molecular weight excluding hydrogens is 435 g/mol. The van der Waals surface area contributed by atoms with Crippen molar-refractivity contribution in [2.75, 3.05) is 40.0 Å². The summed E-state index contributed by atoms with van der Waals surface area (Å²) >= 11 is 0. The maximum absolute atomic E-state index is 13.2. The highest BCUT2D eigenvalue weighted by atomic mass is 19.1. The van der Waals surface area contributed by atoms with Crippen LogP contribution < -0.4 is 14.8 Å². The molecule has 0 spiro atoms. The number of morpholine rings is 1. The van der Waals surface area contributed by atoms with Crippen molar-refractivity contribution in [3.8, 4) is 11.5 Å². The van der Waals surface area contributed by atoms with E-state index in [-0.39, 0.29) is 24.4 Å². The van der Waals surface area contributed by atoms with Crippen LogP contribution in [0.3, 0.4) is 0 Å². The summed E-state index contributed by atoms with van der Waals surface area (Å²) in [6, 6.07) is 21.2. The second kappa shape index (κ2) is 11.6. The SMILES string of the molecule is COc1ccc([C@@H](CNC(=O)c2ccccc2OCc2ccc(F)cc2)N2CCOCC2)cc1. The molecule has 178 valence electrons. The van der Waals surface area contributed by atoms with Gasteiger partial charge in [-0.1, -0.05) is 36.4 Å². The Kier molecular flexibility index (Phi) is 8.12. The number of amides is 1. The van der Waals surface area contributed by atoms with Gasteiger partial charge in [0.25, 0.3) is 5.91 Å². The Morgan fingerprint density at radius 2 is 1.74 bits per heavy atom. The summed E-state index contributed by atoms with van der Waals surface area (Å²) in [5.74, 6) is 0.772. The molecule has 1 aliphatic heterocycles. The predicted octanol–water partition coefficient (Wildman–Crippen LogP) is 4.22. The quantitative estimate of drug-likeness (QED) is 0.514. The van der Waals surface area contributed by atoms with Crippen LogP contribution >= 0.6 is 0 Å². The van der Waals surface area contributed by atoms with E-state index in [9.17, 15) is 9.18 Å². The van der Waals surface area contributed by atoms with Crippen molar-refractivity contribution in [1.29, 1.82) is 0 Å². The zero-order valence-electron chi connectivity index (χ0n) is 19.2. The molecule has 1 fully saturated rings. The molecule has 0 unspecified atom stereocenters. The average molecular weight is 465 g/mol. The third kappa shape index (κ3) is 6.12. The summed E-state index contributed by atoms with van der Waals surface area (Å²) in [6.07, 6.45) is 0. The maximum atomic E-state index is 13.2. The largest absolute Gasteiger partial charge is 0.497 e. The van der Waals surface area contributed by atoms with Crippen LogP contribution in [-0.2, 0) is 11.3 Å². The van der Waals surface area contributed by atoms with Crippen molar-refractivity contribution in [2.24, 2.45) is 0 Å². The highest BCUT2D eigenvalue weighted by molar-refractivity contribution is 5.96. The number of benzene rings is 3. The van der Waals surface area contributed by atoms with E-state index in [0.717, 1.165) is 30.0 Å². The van der Waals surface area contributed by atoms with E-state index in [1.807, 2.05) is 36.4 Å². The van der Waals surface area contributed by atoms with Gasteiger partial charge in [-0.05, 0) is 47.5 Å². The van der Waals surface area contributed by atoms with Gasteiger partial charge in [-0.15, -0.1) is 0 Å². The maximum Gasteiger partial charge on any atom is 0.255 e. The minimum absolute atomic E-state index is 0.00560. The van der Waals surface area contributed by atoms with Gasteiger partial charge in [0.15, 0.2) is 0 Å². The summed E-state index contributed by atoms with van der Waals surface area (Å²) in [4.78, 5) is 15.5. The Balaban J connectivity index is 1.45. The van der Waals surface area contributed by atoms with E-state index in [4.69, 9.17) is 14.2 Å². The average Bonchev–Trinajstić information content (AvgIpc) is 2.89. The normalized spacial score (nSPS) is 14.9. The number of nitrogens with zero attached hydrogens (tertiary/aromatic N) is 1. The molecule has 3 aromatic rings. The lowest BCUT2D eigenvalue weighted by molar-refractivity contribution is 0.0162. The standard InChI is InChI=1S/C27H29FN2O4/c1-32-23-12-8-21(9-13-23)25(30-14-16-33-17-15-30)18-29-27(31)24-4-2-3-5-26(24)34-19-20-6-10-22(28)11-7-20/h2-13,25H,14-19H2,1H3,(H,29,31)/t25-/m1/s1. The van der Waals surface area contributed by atoms with Crippen LogP contribution in [0.25, 0.3) is 0 Å². The van der Waals surface area contributed by atoms with Crippen molar-refractivity contribution in [3.05, 3.63) is 95.3 Å². The van der Waals surface area contributed by atoms with Crippen LogP contribution in [0.5, 0.6) is 11.5 Å². The van der Waals surface area contributed by atoms with E-state index in [0.29, 0.717) is 31.1 Å². The first kappa shape index (κ1) is 23.7. The fourth-order valence-electron chi connectivity index (χ4n) is 3.98. The number of hydrogen-bond donors (Lipinski definition) is 1. The van der Waals surface area contributed by atoms with E-state index in [2.05, 4.69) is 10.2 Å². The number of ether oxygens (including phenoxy) is 3.